The number of carboxylic acids is 1. The second-order valence-corrected chi connectivity index (χ2v) is 6.74. The van der Waals surface area contributed by atoms with E-state index in [9.17, 15) is 9.59 Å². The highest BCUT2D eigenvalue weighted by Crippen LogP contribution is 2.16. The van der Waals surface area contributed by atoms with Crippen molar-refractivity contribution in [2.45, 2.75) is 38.8 Å². The van der Waals surface area contributed by atoms with Crippen molar-refractivity contribution in [2.75, 3.05) is 19.6 Å². The number of carbonyl (C=O) groups is 2. The van der Waals surface area contributed by atoms with E-state index in [1.165, 1.54) is 0 Å². The Morgan fingerprint density at radius 3 is 2.52 bits per heavy atom. The minimum absolute atomic E-state index is 0.00530. The summed E-state index contributed by atoms with van der Waals surface area (Å²) in [5, 5.41) is 12.2. The van der Waals surface area contributed by atoms with E-state index in [2.05, 4.69) is 5.32 Å². The fourth-order valence-corrected chi connectivity index (χ4v) is 2.56. The summed E-state index contributed by atoms with van der Waals surface area (Å²) in [4.78, 5) is 25.0. The lowest BCUT2D eigenvalue weighted by Crippen LogP contribution is -2.55. The lowest BCUT2D eigenvalue weighted by Gasteiger charge is -2.37. The number of hydrogen-bond acceptors (Lipinski definition) is 4. The number of nitrogens with one attached hydrogen (secondary N) is 1. The molecule has 0 unspecified atom stereocenters. The molecule has 1 aromatic rings. The number of aromatic carboxylic acids is 1. The maximum absolute atomic E-state index is 12.4. The second-order valence-electron chi connectivity index (χ2n) is 6.74. The Kier molecular flexibility index (Phi) is 5.26. The normalized spacial score (nSPS) is 18.6. The molecule has 0 aliphatic carbocycles. The first-order chi connectivity index (χ1) is 10.8. The zero-order valence-corrected chi connectivity index (χ0v) is 13.8. The van der Waals surface area contributed by atoms with Crippen LogP contribution in [0.4, 0.5) is 4.79 Å². The van der Waals surface area contributed by atoms with Crippen molar-refractivity contribution in [1.82, 2.24) is 10.2 Å². The van der Waals surface area contributed by atoms with Gasteiger partial charge in [0, 0.05) is 19.6 Å². The summed E-state index contributed by atoms with van der Waals surface area (Å²) < 4.78 is 5.48. The zero-order chi connectivity index (χ0) is 17.0. The van der Waals surface area contributed by atoms with Crippen molar-refractivity contribution in [2.24, 2.45) is 0 Å². The third-order valence-electron chi connectivity index (χ3n) is 3.65. The Hall–Kier alpha value is -2.08. The number of rotatable bonds is 3. The third-order valence-corrected chi connectivity index (χ3v) is 3.65. The molecule has 0 saturated carbocycles. The maximum Gasteiger partial charge on any atom is 0.410 e. The molecule has 2 N–H and O–H groups in total. The molecule has 6 nitrogen and oxygen atoms in total. The number of hydrogen-bond donors (Lipinski definition) is 2. The molecule has 1 amide bonds. The summed E-state index contributed by atoms with van der Waals surface area (Å²) >= 11 is 0. The van der Waals surface area contributed by atoms with Crippen molar-refractivity contribution in [1.29, 1.82) is 0 Å². The molecule has 1 aromatic carbocycles. The van der Waals surface area contributed by atoms with Crippen LogP contribution in [0.15, 0.2) is 24.3 Å². The monoisotopic (exact) mass is 320 g/mol. The smallest absolute Gasteiger partial charge is 0.410 e. The van der Waals surface area contributed by atoms with Gasteiger partial charge in [-0.3, -0.25) is 0 Å². The predicted molar refractivity (Wildman–Crippen MR) is 86.7 cm³/mol. The molecule has 0 bridgehead atoms. The molecular formula is C17H24N2O4. The minimum atomic E-state index is -0.939. The van der Waals surface area contributed by atoms with Crippen LogP contribution in [0.5, 0.6) is 0 Å². The van der Waals surface area contributed by atoms with Crippen LogP contribution in [0.3, 0.4) is 0 Å². The zero-order valence-electron chi connectivity index (χ0n) is 13.8. The van der Waals surface area contributed by atoms with E-state index in [1.54, 1.807) is 29.2 Å². The SMILES string of the molecule is CC(C)(C)OC(=O)N1CCNC[C@H]1Cc1ccc(C(=O)O)cc1. The van der Waals surface area contributed by atoms with E-state index in [0.717, 1.165) is 12.1 Å². The first-order valence-corrected chi connectivity index (χ1v) is 7.79. The fraction of sp³-hybridized carbons (Fsp3) is 0.529. The molecule has 126 valence electrons. The highest BCUT2D eigenvalue weighted by molar-refractivity contribution is 5.87. The summed E-state index contributed by atoms with van der Waals surface area (Å²) in [6.07, 6.45) is 0.359. The standard InChI is InChI=1S/C17H24N2O4/c1-17(2,3)23-16(22)19-9-8-18-11-14(19)10-12-4-6-13(7-5-12)15(20)21/h4-7,14,18H,8-11H2,1-3H3,(H,20,21)/t14-/m1/s1. The Balaban J connectivity index is 2.06. The van der Waals surface area contributed by atoms with Crippen LogP contribution in [0, 0.1) is 0 Å². The van der Waals surface area contributed by atoms with Gasteiger partial charge in [-0.1, -0.05) is 12.1 Å². The minimum Gasteiger partial charge on any atom is -0.478 e. The van der Waals surface area contributed by atoms with E-state index < -0.39 is 11.6 Å². The average Bonchev–Trinajstić information content (AvgIpc) is 2.46. The van der Waals surface area contributed by atoms with Crippen LogP contribution in [0.1, 0.15) is 36.7 Å². The molecule has 1 aliphatic heterocycles. The van der Waals surface area contributed by atoms with Crippen LogP contribution in [0.25, 0.3) is 0 Å². The van der Waals surface area contributed by atoms with Crippen LogP contribution < -0.4 is 5.32 Å². The molecule has 1 aliphatic rings. The predicted octanol–water partition coefficient (Wildman–Crippen LogP) is 2.14. The molecule has 1 saturated heterocycles. The van der Waals surface area contributed by atoms with Gasteiger partial charge in [-0.25, -0.2) is 9.59 Å². The number of benzene rings is 1. The first-order valence-electron chi connectivity index (χ1n) is 7.79. The lowest BCUT2D eigenvalue weighted by atomic mass is 10.0. The van der Waals surface area contributed by atoms with Gasteiger partial charge in [0.1, 0.15) is 5.60 Å². The van der Waals surface area contributed by atoms with Gasteiger partial charge in [-0.05, 0) is 44.9 Å². The molecule has 23 heavy (non-hydrogen) atoms. The Morgan fingerprint density at radius 1 is 1.30 bits per heavy atom. The van der Waals surface area contributed by atoms with Gasteiger partial charge in [0.25, 0.3) is 0 Å². The number of amides is 1. The van der Waals surface area contributed by atoms with Crippen LogP contribution in [-0.4, -0.2) is 53.3 Å². The van der Waals surface area contributed by atoms with Gasteiger partial charge in [-0.2, -0.15) is 0 Å². The first kappa shape index (κ1) is 17.3. The van der Waals surface area contributed by atoms with E-state index in [4.69, 9.17) is 9.84 Å². The van der Waals surface area contributed by atoms with Gasteiger partial charge < -0.3 is 20.1 Å². The molecule has 1 atom stereocenters. The molecule has 1 heterocycles. The third kappa shape index (κ3) is 4.96. The molecular weight excluding hydrogens is 296 g/mol. The summed E-state index contributed by atoms with van der Waals surface area (Å²) in [6, 6.07) is 6.77. The maximum atomic E-state index is 12.4. The summed E-state index contributed by atoms with van der Waals surface area (Å²) in [7, 11) is 0. The highest BCUT2D eigenvalue weighted by atomic mass is 16.6. The second kappa shape index (κ2) is 7.00. The topological polar surface area (TPSA) is 78.9 Å². The van der Waals surface area contributed by atoms with E-state index >= 15 is 0 Å². The van der Waals surface area contributed by atoms with E-state index in [-0.39, 0.29) is 17.7 Å². The van der Waals surface area contributed by atoms with Crippen molar-refractivity contribution >= 4 is 12.1 Å². The number of carbonyl (C=O) groups excluding carboxylic acids is 1. The fourth-order valence-electron chi connectivity index (χ4n) is 2.56. The molecule has 1 fully saturated rings. The van der Waals surface area contributed by atoms with Gasteiger partial charge in [0.15, 0.2) is 0 Å². The molecule has 0 aromatic heterocycles. The van der Waals surface area contributed by atoms with Crippen LogP contribution in [0.2, 0.25) is 0 Å². The summed E-state index contributed by atoms with van der Waals surface area (Å²) in [6.45, 7) is 7.60. The van der Waals surface area contributed by atoms with Crippen molar-refractivity contribution < 1.29 is 19.4 Å². The number of nitrogens with zero attached hydrogens (tertiary/aromatic N) is 1. The van der Waals surface area contributed by atoms with Crippen molar-refractivity contribution in [3.8, 4) is 0 Å². The Morgan fingerprint density at radius 2 is 1.96 bits per heavy atom. The van der Waals surface area contributed by atoms with E-state index in [1.807, 2.05) is 20.8 Å². The van der Waals surface area contributed by atoms with Crippen LogP contribution in [-0.2, 0) is 11.2 Å². The lowest BCUT2D eigenvalue weighted by molar-refractivity contribution is 0.0122. The quantitative estimate of drug-likeness (QED) is 0.892. The van der Waals surface area contributed by atoms with Gasteiger partial charge >= 0.3 is 12.1 Å². The van der Waals surface area contributed by atoms with Gasteiger partial charge in [-0.15, -0.1) is 0 Å². The van der Waals surface area contributed by atoms with Crippen LogP contribution >= 0.6 is 0 Å². The average molecular weight is 320 g/mol. The molecule has 0 radical (unpaired) electrons. The number of ether oxygens (including phenoxy) is 1. The summed E-state index contributed by atoms with van der Waals surface area (Å²) in [5.41, 5.74) is 0.743. The molecule has 0 spiro atoms. The highest BCUT2D eigenvalue weighted by Gasteiger charge is 2.30. The number of carboxylic acid groups (broad SMARTS) is 1. The largest absolute Gasteiger partial charge is 0.478 e. The van der Waals surface area contributed by atoms with Crippen molar-refractivity contribution in [3.05, 3.63) is 35.4 Å². The van der Waals surface area contributed by atoms with Gasteiger partial charge in [0.05, 0.1) is 11.6 Å². The molecule has 2 rings (SSSR count). The van der Waals surface area contributed by atoms with Gasteiger partial charge in [0.2, 0.25) is 0 Å². The number of piperazine rings is 1. The Labute approximate surface area is 136 Å². The molecule has 6 heteroatoms. The Bertz CT molecular complexity index is 563. The summed E-state index contributed by atoms with van der Waals surface area (Å²) in [5.74, 6) is -0.939. The van der Waals surface area contributed by atoms with Crippen molar-refractivity contribution in [3.63, 3.8) is 0 Å². The van der Waals surface area contributed by atoms with E-state index in [0.29, 0.717) is 19.5 Å².